The standard InChI is InChI=1S/C14H19N3O4/c1-10-3-2-4-11(6-5-10)15-13-8-7-12(16(18)19)9-14(13)17(20)21/h7-11,15H,2-6H2,1H3. The van der Waals surface area contributed by atoms with Gasteiger partial charge in [0.05, 0.1) is 15.9 Å². The maximum absolute atomic E-state index is 11.1. The molecule has 0 radical (unpaired) electrons. The van der Waals surface area contributed by atoms with Gasteiger partial charge in [0.15, 0.2) is 0 Å². The molecule has 0 heterocycles. The summed E-state index contributed by atoms with van der Waals surface area (Å²) in [5.41, 5.74) is -0.131. The van der Waals surface area contributed by atoms with E-state index in [0.29, 0.717) is 11.6 Å². The Hall–Kier alpha value is -2.18. The van der Waals surface area contributed by atoms with E-state index >= 15 is 0 Å². The van der Waals surface area contributed by atoms with Crippen molar-refractivity contribution in [1.82, 2.24) is 0 Å². The van der Waals surface area contributed by atoms with E-state index in [-0.39, 0.29) is 17.4 Å². The fourth-order valence-electron chi connectivity index (χ4n) is 2.76. The van der Waals surface area contributed by atoms with Gasteiger partial charge in [-0.1, -0.05) is 19.8 Å². The lowest BCUT2D eigenvalue weighted by molar-refractivity contribution is -0.393. The predicted octanol–water partition coefficient (Wildman–Crippen LogP) is 3.88. The third-order valence-electron chi connectivity index (χ3n) is 4.01. The third kappa shape index (κ3) is 3.90. The summed E-state index contributed by atoms with van der Waals surface area (Å²) in [5.74, 6) is 0.684. The van der Waals surface area contributed by atoms with Crippen LogP contribution < -0.4 is 5.32 Å². The van der Waals surface area contributed by atoms with Crippen LogP contribution in [-0.4, -0.2) is 15.9 Å². The van der Waals surface area contributed by atoms with Gasteiger partial charge in [-0.05, 0) is 31.2 Å². The molecule has 2 rings (SSSR count). The Morgan fingerprint density at radius 3 is 2.52 bits per heavy atom. The highest BCUT2D eigenvalue weighted by Gasteiger charge is 2.22. The monoisotopic (exact) mass is 293 g/mol. The van der Waals surface area contributed by atoms with Crippen molar-refractivity contribution in [2.24, 2.45) is 5.92 Å². The van der Waals surface area contributed by atoms with Gasteiger partial charge in [-0.2, -0.15) is 0 Å². The van der Waals surface area contributed by atoms with Gasteiger partial charge in [-0.3, -0.25) is 20.2 Å². The third-order valence-corrected chi connectivity index (χ3v) is 4.01. The first-order chi connectivity index (χ1) is 9.97. The Morgan fingerprint density at radius 1 is 1.10 bits per heavy atom. The van der Waals surface area contributed by atoms with E-state index in [0.717, 1.165) is 31.7 Å². The van der Waals surface area contributed by atoms with Crippen LogP contribution in [0.5, 0.6) is 0 Å². The molecule has 1 aromatic rings. The lowest BCUT2D eigenvalue weighted by atomic mass is 10.0. The Labute approximate surface area is 122 Å². The summed E-state index contributed by atoms with van der Waals surface area (Å²) < 4.78 is 0. The average Bonchev–Trinajstić information content (AvgIpc) is 2.63. The zero-order chi connectivity index (χ0) is 15.4. The number of anilines is 1. The number of nitrogens with zero attached hydrogens (tertiary/aromatic N) is 2. The van der Waals surface area contributed by atoms with Gasteiger partial charge in [-0.15, -0.1) is 0 Å². The van der Waals surface area contributed by atoms with Gasteiger partial charge in [-0.25, -0.2) is 0 Å². The van der Waals surface area contributed by atoms with E-state index in [9.17, 15) is 20.2 Å². The molecule has 1 aromatic carbocycles. The number of nitrogens with one attached hydrogen (secondary N) is 1. The highest BCUT2D eigenvalue weighted by atomic mass is 16.6. The van der Waals surface area contributed by atoms with Crippen molar-refractivity contribution in [3.05, 3.63) is 38.4 Å². The normalized spacial score (nSPS) is 22.3. The highest BCUT2D eigenvalue weighted by Crippen LogP contribution is 2.32. The molecule has 1 fully saturated rings. The number of benzene rings is 1. The van der Waals surface area contributed by atoms with E-state index in [4.69, 9.17) is 0 Å². The summed E-state index contributed by atoms with van der Waals surface area (Å²) >= 11 is 0. The topological polar surface area (TPSA) is 98.3 Å². The Balaban J connectivity index is 2.18. The van der Waals surface area contributed by atoms with Crippen molar-refractivity contribution < 1.29 is 9.85 Å². The second kappa shape index (κ2) is 6.51. The van der Waals surface area contributed by atoms with Crippen LogP contribution in [-0.2, 0) is 0 Å². The van der Waals surface area contributed by atoms with Crippen LogP contribution in [0.25, 0.3) is 0 Å². The van der Waals surface area contributed by atoms with Crippen molar-refractivity contribution in [3.63, 3.8) is 0 Å². The smallest absolute Gasteiger partial charge is 0.299 e. The van der Waals surface area contributed by atoms with Crippen LogP contribution in [0.1, 0.15) is 39.0 Å². The van der Waals surface area contributed by atoms with Crippen LogP contribution in [0.15, 0.2) is 18.2 Å². The zero-order valence-corrected chi connectivity index (χ0v) is 11.9. The van der Waals surface area contributed by atoms with E-state index in [1.54, 1.807) is 0 Å². The summed E-state index contributed by atoms with van der Waals surface area (Å²) in [5, 5.41) is 25.0. The van der Waals surface area contributed by atoms with Crippen LogP contribution in [0.4, 0.5) is 17.1 Å². The number of nitro groups is 2. The van der Waals surface area contributed by atoms with Gasteiger partial charge >= 0.3 is 0 Å². The van der Waals surface area contributed by atoms with E-state index in [1.165, 1.54) is 18.6 Å². The van der Waals surface area contributed by atoms with Gasteiger partial charge in [0, 0.05) is 12.1 Å². The minimum Gasteiger partial charge on any atom is -0.377 e. The number of hydrogen-bond donors (Lipinski definition) is 1. The molecule has 2 atom stereocenters. The molecule has 1 aliphatic rings. The first kappa shape index (κ1) is 15.2. The summed E-state index contributed by atoms with van der Waals surface area (Å²) in [6.07, 6.45) is 5.31. The fourth-order valence-corrected chi connectivity index (χ4v) is 2.76. The Morgan fingerprint density at radius 2 is 1.86 bits per heavy atom. The van der Waals surface area contributed by atoms with Gasteiger partial charge in [0.25, 0.3) is 11.4 Å². The Kier molecular flexibility index (Phi) is 4.72. The van der Waals surface area contributed by atoms with Gasteiger partial charge < -0.3 is 5.32 Å². The number of nitro benzene ring substituents is 2. The van der Waals surface area contributed by atoms with Crippen LogP contribution in [0.2, 0.25) is 0 Å². The fraction of sp³-hybridized carbons (Fsp3) is 0.571. The van der Waals surface area contributed by atoms with Crippen LogP contribution in [0.3, 0.4) is 0 Å². The maximum atomic E-state index is 11.1. The van der Waals surface area contributed by atoms with Crippen molar-refractivity contribution in [1.29, 1.82) is 0 Å². The molecule has 7 heteroatoms. The largest absolute Gasteiger partial charge is 0.377 e. The quantitative estimate of drug-likeness (QED) is 0.516. The van der Waals surface area contributed by atoms with Gasteiger partial charge in [0.2, 0.25) is 0 Å². The minimum atomic E-state index is -0.621. The molecule has 114 valence electrons. The second-order valence-electron chi connectivity index (χ2n) is 5.67. The molecule has 0 aliphatic heterocycles. The molecule has 0 spiro atoms. The molecular formula is C14H19N3O4. The summed E-state index contributed by atoms with van der Waals surface area (Å²) in [6, 6.07) is 3.94. The second-order valence-corrected chi connectivity index (χ2v) is 5.67. The molecular weight excluding hydrogens is 274 g/mol. The average molecular weight is 293 g/mol. The lowest BCUT2D eigenvalue weighted by Crippen LogP contribution is -2.19. The van der Waals surface area contributed by atoms with Crippen molar-refractivity contribution >= 4 is 17.1 Å². The molecule has 21 heavy (non-hydrogen) atoms. The summed E-state index contributed by atoms with van der Waals surface area (Å²) in [4.78, 5) is 20.6. The zero-order valence-electron chi connectivity index (χ0n) is 11.9. The molecule has 1 aliphatic carbocycles. The number of hydrogen-bond acceptors (Lipinski definition) is 5. The van der Waals surface area contributed by atoms with Crippen molar-refractivity contribution in [3.8, 4) is 0 Å². The molecule has 1 saturated carbocycles. The van der Waals surface area contributed by atoms with Crippen LogP contribution >= 0.6 is 0 Å². The minimum absolute atomic E-state index is 0.190. The SMILES string of the molecule is CC1CCCC(Nc2ccc([N+](=O)[O-])cc2[N+](=O)[O-])CC1. The summed E-state index contributed by atoms with van der Waals surface area (Å²) in [7, 11) is 0. The molecule has 7 nitrogen and oxygen atoms in total. The summed E-state index contributed by atoms with van der Waals surface area (Å²) in [6.45, 7) is 2.22. The number of rotatable bonds is 4. The molecule has 0 amide bonds. The number of non-ortho nitro benzene ring substituents is 1. The molecule has 0 bridgehead atoms. The lowest BCUT2D eigenvalue weighted by Gasteiger charge is -2.17. The Bertz CT molecular complexity index is 547. The first-order valence-electron chi connectivity index (χ1n) is 7.16. The van der Waals surface area contributed by atoms with E-state index < -0.39 is 9.85 Å². The first-order valence-corrected chi connectivity index (χ1v) is 7.16. The van der Waals surface area contributed by atoms with E-state index in [1.807, 2.05) is 0 Å². The maximum Gasteiger partial charge on any atom is 0.299 e. The van der Waals surface area contributed by atoms with E-state index in [2.05, 4.69) is 12.2 Å². The van der Waals surface area contributed by atoms with Crippen molar-refractivity contribution in [2.75, 3.05) is 5.32 Å². The highest BCUT2D eigenvalue weighted by molar-refractivity contribution is 5.65. The molecule has 2 unspecified atom stereocenters. The molecule has 1 N–H and O–H groups in total. The van der Waals surface area contributed by atoms with Crippen molar-refractivity contribution in [2.45, 2.75) is 45.1 Å². The van der Waals surface area contributed by atoms with Crippen LogP contribution in [0, 0.1) is 26.1 Å². The molecule has 0 saturated heterocycles. The predicted molar refractivity (Wildman–Crippen MR) is 79.4 cm³/mol. The molecule has 0 aromatic heterocycles. The van der Waals surface area contributed by atoms with Gasteiger partial charge in [0.1, 0.15) is 5.69 Å².